The molecule has 0 bridgehead atoms. The Labute approximate surface area is 245 Å². The van der Waals surface area contributed by atoms with Gasteiger partial charge in [-0.15, -0.1) is 0 Å². The number of esters is 2. The molecule has 4 atom stereocenters. The number of benzene rings is 1. The fraction of sp³-hybridized carbons (Fsp3) is 0.778. The van der Waals surface area contributed by atoms with Crippen molar-refractivity contribution < 1.29 is 19.1 Å². The summed E-state index contributed by atoms with van der Waals surface area (Å²) in [5.41, 5.74) is 0.722. The van der Waals surface area contributed by atoms with Crippen molar-refractivity contribution in [2.75, 3.05) is 0 Å². The topological polar surface area (TPSA) is 52.6 Å². The molecule has 0 aromatic heterocycles. The first-order chi connectivity index (χ1) is 19.6. The molecule has 0 N–H and O–H groups in total. The van der Waals surface area contributed by atoms with Gasteiger partial charge in [0.15, 0.2) is 0 Å². The third-order valence-corrected chi connectivity index (χ3v) is 9.42. The first kappa shape index (κ1) is 32.7. The predicted octanol–water partition coefficient (Wildman–Crippen LogP) is 10.6. The van der Waals surface area contributed by atoms with E-state index in [1.807, 2.05) is 12.1 Å². The third-order valence-electron chi connectivity index (χ3n) is 9.42. The van der Waals surface area contributed by atoms with Gasteiger partial charge in [0.1, 0.15) is 12.2 Å². The first-order valence-electron chi connectivity index (χ1n) is 17.1. The van der Waals surface area contributed by atoms with Crippen molar-refractivity contribution in [3.8, 4) is 0 Å². The maximum atomic E-state index is 13.4. The summed E-state index contributed by atoms with van der Waals surface area (Å²) in [4.78, 5) is 26.8. The van der Waals surface area contributed by atoms with Crippen LogP contribution in [0.4, 0.5) is 0 Å². The molecule has 3 rings (SSSR count). The average molecular weight is 555 g/mol. The molecule has 0 aliphatic heterocycles. The van der Waals surface area contributed by atoms with Crippen molar-refractivity contribution in [1.29, 1.82) is 0 Å². The Bertz CT molecular complexity index is 780. The van der Waals surface area contributed by atoms with Gasteiger partial charge in [0.2, 0.25) is 0 Å². The number of hydrogen-bond acceptors (Lipinski definition) is 4. The molecule has 0 radical (unpaired) electrons. The van der Waals surface area contributed by atoms with E-state index in [9.17, 15) is 9.59 Å². The maximum absolute atomic E-state index is 13.4. The molecular formula is C36H58O4. The van der Waals surface area contributed by atoms with Gasteiger partial charge in [-0.3, -0.25) is 0 Å². The van der Waals surface area contributed by atoms with Crippen LogP contribution in [0.25, 0.3) is 0 Å². The van der Waals surface area contributed by atoms with Crippen LogP contribution in [0.1, 0.15) is 176 Å². The summed E-state index contributed by atoms with van der Waals surface area (Å²) in [5, 5.41) is 0. The zero-order valence-corrected chi connectivity index (χ0v) is 25.8. The molecule has 1 aromatic carbocycles. The summed E-state index contributed by atoms with van der Waals surface area (Å²) >= 11 is 0. The van der Waals surface area contributed by atoms with Crippen LogP contribution < -0.4 is 0 Å². The Morgan fingerprint density at radius 1 is 0.575 bits per heavy atom. The van der Waals surface area contributed by atoms with Crippen molar-refractivity contribution in [1.82, 2.24) is 0 Å². The smallest absolute Gasteiger partial charge is 0.339 e. The third kappa shape index (κ3) is 11.2. The Morgan fingerprint density at radius 2 is 0.950 bits per heavy atom. The van der Waals surface area contributed by atoms with Gasteiger partial charge in [-0.2, -0.15) is 0 Å². The molecule has 0 spiro atoms. The minimum Gasteiger partial charge on any atom is -0.458 e. The van der Waals surface area contributed by atoms with Gasteiger partial charge in [0.05, 0.1) is 11.1 Å². The van der Waals surface area contributed by atoms with E-state index in [-0.39, 0.29) is 24.1 Å². The lowest BCUT2D eigenvalue weighted by atomic mass is 9.82. The molecule has 2 aliphatic rings. The van der Waals surface area contributed by atoms with Crippen molar-refractivity contribution in [2.24, 2.45) is 11.8 Å². The van der Waals surface area contributed by atoms with Crippen LogP contribution in [0.15, 0.2) is 24.3 Å². The van der Waals surface area contributed by atoms with E-state index in [2.05, 4.69) is 13.8 Å². The molecular weight excluding hydrogens is 496 g/mol. The van der Waals surface area contributed by atoms with Gasteiger partial charge < -0.3 is 9.47 Å². The van der Waals surface area contributed by atoms with E-state index < -0.39 is 0 Å². The quantitative estimate of drug-likeness (QED) is 0.134. The first-order valence-corrected chi connectivity index (χ1v) is 17.1. The van der Waals surface area contributed by atoms with Crippen LogP contribution in [0, 0.1) is 11.8 Å². The zero-order valence-electron chi connectivity index (χ0n) is 25.8. The van der Waals surface area contributed by atoms with Crippen LogP contribution >= 0.6 is 0 Å². The van der Waals surface area contributed by atoms with Crippen molar-refractivity contribution >= 4 is 11.9 Å². The van der Waals surface area contributed by atoms with Crippen LogP contribution in [-0.4, -0.2) is 24.1 Å². The van der Waals surface area contributed by atoms with Gasteiger partial charge in [-0.05, 0) is 75.3 Å². The van der Waals surface area contributed by atoms with Crippen LogP contribution in [-0.2, 0) is 9.47 Å². The van der Waals surface area contributed by atoms with Gasteiger partial charge in [-0.25, -0.2) is 9.59 Å². The summed E-state index contributed by atoms with van der Waals surface area (Å²) in [6.45, 7) is 4.51. The molecule has 2 aliphatic carbocycles. The number of rotatable bonds is 18. The van der Waals surface area contributed by atoms with Gasteiger partial charge >= 0.3 is 11.9 Å². The normalized spacial score (nSPS) is 23.1. The standard InChI is InChI=1S/C36H58O4/c1-3-5-7-9-11-13-21-29-23-15-19-27-33(29)39-35(37)31-25-17-18-26-32(31)36(38)40-34-28-20-16-24-30(34)22-14-12-10-8-6-4-2/h17-18,25-26,29-30,33-34H,3-16,19-24,27-28H2,1-2H3. The summed E-state index contributed by atoms with van der Waals surface area (Å²) < 4.78 is 12.3. The molecule has 0 heterocycles. The molecule has 0 amide bonds. The molecule has 2 saturated carbocycles. The number of carbonyl (C=O) groups excluding carboxylic acids is 2. The van der Waals surface area contributed by atoms with E-state index in [0.29, 0.717) is 23.0 Å². The minimum atomic E-state index is -0.361. The predicted molar refractivity (Wildman–Crippen MR) is 165 cm³/mol. The number of ether oxygens (including phenoxy) is 2. The van der Waals surface area contributed by atoms with E-state index in [1.165, 1.54) is 89.9 Å². The van der Waals surface area contributed by atoms with Crippen LogP contribution in [0.3, 0.4) is 0 Å². The number of hydrogen-bond donors (Lipinski definition) is 0. The number of unbranched alkanes of at least 4 members (excludes halogenated alkanes) is 10. The van der Waals surface area contributed by atoms with Crippen molar-refractivity contribution in [3.05, 3.63) is 35.4 Å². The van der Waals surface area contributed by atoms with Crippen molar-refractivity contribution in [3.63, 3.8) is 0 Å². The molecule has 4 heteroatoms. The van der Waals surface area contributed by atoms with E-state index in [4.69, 9.17) is 9.47 Å². The van der Waals surface area contributed by atoms with E-state index in [0.717, 1.165) is 51.4 Å². The summed E-state index contributed by atoms with van der Waals surface area (Å²) in [6.07, 6.45) is 26.4. The highest BCUT2D eigenvalue weighted by molar-refractivity contribution is 6.03. The molecule has 4 unspecified atom stereocenters. The van der Waals surface area contributed by atoms with Gasteiger partial charge in [0, 0.05) is 0 Å². The highest BCUT2D eigenvalue weighted by atomic mass is 16.6. The fourth-order valence-electron chi connectivity index (χ4n) is 6.93. The average Bonchev–Trinajstić information content (AvgIpc) is 2.98. The van der Waals surface area contributed by atoms with E-state index >= 15 is 0 Å². The minimum absolute atomic E-state index is 0.0407. The molecule has 0 saturated heterocycles. The Morgan fingerprint density at radius 3 is 1.38 bits per heavy atom. The maximum Gasteiger partial charge on any atom is 0.339 e. The molecule has 1 aromatic rings. The zero-order chi connectivity index (χ0) is 28.4. The van der Waals surface area contributed by atoms with Gasteiger partial charge in [0.25, 0.3) is 0 Å². The van der Waals surface area contributed by atoms with Gasteiger partial charge in [-0.1, -0.05) is 116 Å². The monoisotopic (exact) mass is 554 g/mol. The fourth-order valence-corrected chi connectivity index (χ4v) is 6.93. The highest BCUT2D eigenvalue weighted by Gasteiger charge is 2.32. The lowest BCUT2D eigenvalue weighted by Crippen LogP contribution is -2.32. The van der Waals surface area contributed by atoms with Crippen molar-refractivity contribution in [2.45, 2.75) is 167 Å². The summed E-state index contributed by atoms with van der Waals surface area (Å²) in [7, 11) is 0. The molecule has 4 nitrogen and oxygen atoms in total. The lowest BCUT2D eigenvalue weighted by molar-refractivity contribution is -0.00483. The largest absolute Gasteiger partial charge is 0.458 e. The Balaban J connectivity index is 1.54. The van der Waals surface area contributed by atoms with E-state index in [1.54, 1.807) is 12.1 Å². The second-order valence-corrected chi connectivity index (χ2v) is 12.6. The highest BCUT2D eigenvalue weighted by Crippen LogP contribution is 2.34. The van der Waals surface area contributed by atoms with Crippen LogP contribution in [0.2, 0.25) is 0 Å². The second kappa shape index (κ2) is 19.3. The molecule has 226 valence electrons. The Hall–Kier alpha value is -1.84. The summed E-state index contributed by atoms with van der Waals surface area (Å²) in [6, 6.07) is 7.12. The molecule has 40 heavy (non-hydrogen) atoms. The van der Waals surface area contributed by atoms with Crippen LogP contribution in [0.5, 0.6) is 0 Å². The lowest BCUT2D eigenvalue weighted by Gasteiger charge is -2.32. The SMILES string of the molecule is CCCCCCCCC1CCCCC1OC(=O)c1ccccc1C(=O)OC1CCCCC1CCCCCCCC. The summed E-state index contributed by atoms with van der Waals surface area (Å²) in [5.74, 6) is 0.153. The Kier molecular flexibility index (Phi) is 15.8. The molecule has 2 fully saturated rings. The second-order valence-electron chi connectivity index (χ2n) is 12.6. The number of carbonyl (C=O) groups is 2.